The molecular formula is C14H11FO3. The zero-order valence-electron chi connectivity index (χ0n) is 9.43. The van der Waals surface area contributed by atoms with Crippen molar-refractivity contribution in [3.8, 4) is 11.1 Å². The minimum atomic E-state index is -1.02. The highest BCUT2D eigenvalue weighted by molar-refractivity contribution is 5.89. The predicted octanol–water partition coefficient (Wildman–Crippen LogP) is 2.68. The Labute approximate surface area is 103 Å². The van der Waals surface area contributed by atoms with E-state index in [4.69, 9.17) is 10.2 Å². The summed E-state index contributed by atoms with van der Waals surface area (Å²) >= 11 is 0. The van der Waals surface area contributed by atoms with Gasteiger partial charge in [-0.1, -0.05) is 24.3 Å². The lowest BCUT2D eigenvalue weighted by atomic mass is 10.0. The Morgan fingerprint density at radius 1 is 1.11 bits per heavy atom. The minimum Gasteiger partial charge on any atom is -0.478 e. The average molecular weight is 246 g/mol. The Morgan fingerprint density at radius 3 is 2.44 bits per heavy atom. The van der Waals surface area contributed by atoms with Crippen molar-refractivity contribution in [2.75, 3.05) is 0 Å². The van der Waals surface area contributed by atoms with E-state index in [0.717, 1.165) is 0 Å². The zero-order valence-corrected chi connectivity index (χ0v) is 9.43. The van der Waals surface area contributed by atoms with Gasteiger partial charge in [-0.05, 0) is 29.3 Å². The van der Waals surface area contributed by atoms with Crippen LogP contribution in [-0.4, -0.2) is 16.2 Å². The Balaban J connectivity index is 2.45. The fraction of sp³-hybridized carbons (Fsp3) is 0.0714. The van der Waals surface area contributed by atoms with E-state index in [0.29, 0.717) is 11.1 Å². The third kappa shape index (κ3) is 2.38. The SMILES string of the molecule is O=C(O)c1cccc(-c2ccc(CO)c(F)c2)c1. The van der Waals surface area contributed by atoms with Gasteiger partial charge >= 0.3 is 5.97 Å². The molecule has 2 aromatic rings. The summed E-state index contributed by atoms with van der Waals surface area (Å²) in [5.41, 5.74) is 1.57. The highest BCUT2D eigenvalue weighted by atomic mass is 19.1. The molecule has 2 rings (SSSR count). The molecule has 2 N–H and O–H groups in total. The van der Waals surface area contributed by atoms with Gasteiger partial charge in [-0.15, -0.1) is 0 Å². The van der Waals surface area contributed by atoms with Gasteiger partial charge in [-0.25, -0.2) is 9.18 Å². The van der Waals surface area contributed by atoms with Gasteiger partial charge in [0.25, 0.3) is 0 Å². The third-order valence-corrected chi connectivity index (χ3v) is 2.67. The first-order valence-electron chi connectivity index (χ1n) is 5.35. The third-order valence-electron chi connectivity index (χ3n) is 2.67. The lowest BCUT2D eigenvalue weighted by Crippen LogP contribution is -1.96. The van der Waals surface area contributed by atoms with Crippen LogP contribution < -0.4 is 0 Å². The largest absolute Gasteiger partial charge is 0.478 e. The van der Waals surface area contributed by atoms with Crippen molar-refractivity contribution in [1.82, 2.24) is 0 Å². The number of carboxylic acids is 1. The fourth-order valence-corrected chi connectivity index (χ4v) is 1.69. The van der Waals surface area contributed by atoms with Gasteiger partial charge in [0.15, 0.2) is 0 Å². The summed E-state index contributed by atoms with van der Waals surface area (Å²) in [6, 6.07) is 10.7. The van der Waals surface area contributed by atoms with Crippen LogP contribution in [0.3, 0.4) is 0 Å². The summed E-state index contributed by atoms with van der Waals surface area (Å²) in [4.78, 5) is 10.8. The Morgan fingerprint density at radius 2 is 1.83 bits per heavy atom. The molecule has 0 saturated heterocycles. The molecular weight excluding hydrogens is 235 g/mol. The molecule has 0 fully saturated rings. The van der Waals surface area contributed by atoms with Crippen LogP contribution in [0, 0.1) is 5.82 Å². The van der Waals surface area contributed by atoms with E-state index in [1.54, 1.807) is 18.2 Å². The Kier molecular flexibility index (Phi) is 3.39. The van der Waals surface area contributed by atoms with Gasteiger partial charge in [-0.3, -0.25) is 0 Å². The molecule has 4 heteroatoms. The lowest BCUT2D eigenvalue weighted by Gasteiger charge is -2.05. The molecule has 0 aliphatic carbocycles. The summed E-state index contributed by atoms with van der Waals surface area (Å²) in [6.07, 6.45) is 0. The van der Waals surface area contributed by atoms with Gasteiger partial charge in [0, 0.05) is 5.56 Å². The Hall–Kier alpha value is -2.20. The second kappa shape index (κ2) is 4.98. The number of carbonyl (C=O) groups is 1. The molecule has 0 unspecified atom stereocenters. The van der Waals surface area contributed by atoms with Crippen LogP contribution in [0.25, 0.3) is 11.1 Å². The highest BCUT2D eigenvalue weighted by Crippen LogP contribution is 2.23. The summed E-state index contributed by atoms with van der Waals surface area (Å²) in [5, 5.41) is 17.8. The van der Waals surface area contributed by atoms with Crippen LogP contribution in [0.4, 0.5) is 4.39 Å². The van der Waals surface area contributed by atoms with Crippen molar-refractivity contribution in [2.45, 2.75) is 6.61 Å². The summed E-state index contributed by atoms with van der Waals surface area (Å²) in [5.74, 6) is -1.53. The van der Waals surface area contributed by atoms with Crippen LogP contribution in [0.5, 0.6) is 0 Å². The van der Waals surface area contributed by atoms with Crippen LogP contribution in [0.2, 0.25) is 0 Å². The highest BCUT2D eigenvalue weighted by Gasteiger charge is 2.07. The molecule has 0 saturated carbocycles. The first-order chi connectivity index (χ1) is 8.61. The standard InChI is InChI=1S/C14H11FO3/c15-13-7-10(4-5-12(13)8-16)9-2-1-3-11(6-9)14(17)18/h1-7,16H,8H2,(H,17,18). The average Bonchev–Trinajstić information content (AvgIpc) is 2.38. The molecule has 0 radical (unpaired) electrons. The van der Waals surface area contributed by atoms with Crippen molar-refractivity contribution < 1.29 is 19.4 Å². The van der Waals surface area contributed by atoms with Gasteiger partial charge in [-0.2, -0.15) is 0 Å². The second-order valence-corrected chi connectivity index (χ2v) is 3.85. The van der Waals surface area contributed by atoms with Crippen LogP contribution in [0.15, 0.2) is 42.5 Å². The molecule has 92 valence electrons. The molecule has 3 nitrogen and oxygen atoms in total. The van der Waals surface area contributed by atoms with Crippen molar-refractivity contribution in [1.29, 1.82) is 0 Å². The maximum atomic E-state index is 13.5. The summed E-state index contributed by atoms with van der Waals surface area (Å²) in [7, 11) is 0. The van der Waals surface area contributed by atoms with E-state index in [1.807, 2.05) is 0 Å². The molecule has 0 atom stereocenters. The number of aromatic carboxylic acids is 1. The summed E-state index contributed by atoms with van der Waals surface area (Å²) < 4.78 is 13.5. The molecule has 0 heterocycles. The second-order valence-electron chi connectivity index (χ2n) is 3.85. The number of benzene rings is 2. The van der Waals surface area contributed by atoms with E-state index in [1.165, 1.54) is 24.3 Å². The Bertz CT molecular complexity index is 593. The van der Waals surface area contributed by atoms with Crippen LogP contribution in [0.1, 0.15) is 15.9 Å². The fourth-order valence-electron chi connectivity index (χ4n) is 1.69. The minimum absolute atomic E-state index is 0.152. The normalized spacial score (nSPS) is 10.3. The van der Waals surface area contributed by atoms with E-state index < -0.39 is 11.8 Å². The number of aliphatic hydroxyl groups excluding tert-OH is 1. The molecule has 0 amide bonds. The molecule has 0 aliphatic rings. The molecule has 18 heavy (non-hydrogen) atoms. The van der Waals surface area contributed by atoms with Crippen molar-refractivity contribution in [3.05, 3.63) is 59.4 Å². The number of halogens is 1. The van der Waals surface area contributed by atoms with Crippen LogP contribution >= 0.6 is 0 Å². The first-order valence-corrected chi connectivity index (χ1v) is 5.35. The lowest BCUT2D eigenvalue weighted by molar-refractivity contribution is 0.0697. The molecule has 2 aromatic carbocycles. The monoisotopic (exact) mass is 246 g/mol. The topological polar surface area (TPSA) is 57.5 Å². The summed E-state index contributed by atoms with van der Waals surface area (Å²) in [6.45, 7) is -0.360. The maximum Gasteiger partial charge on any atom is 0.335 e. The number of carboxylic acid groups (broad SMARTS) is 1. The predicted molar refractivity (Wildman–Crippen MR) is 64.7 cm³/mol. The maximum absolute atomic E-state index is 13.5. The van der Waals surface area contributed by atoms with Gasteiger partial charge in [0.2, 0.25) is 0 Å². The zero-order chi connectivity index (χ0) is 13.1. The van der Waals surface area contributed by atoms with Crippen molar-refractivity contribution >= 4 is 5.97 Å². The molecule has 0 aliphatic heterocycles. The van der Waals surface area contributed by atoms with E-state index in [9.17, 15) is 9.18 Å². The molecule has 0 aromatic heterocycles. The number of hydrogen-bond acceptors (Lipinski definition) is 2. The van der Waals surface area contributed by atoms with E-state index in [-0.39, 0.29) is 17.7 Å². The number of hydrogen-bond donors (Lipinski definition) is 2. The van der Waals surface area contributed by atoms with E-state index >= 15 is 0 Å². The number of aliphatic hydroxyl groups is 1. The van der Waals surface area contributed by atoms with Gasteiger partial charge in [0.1, 0.15) is 5.82 Å². The molecule has 0 spiro atoms. The number of rotatable bonds is 3. The van der Waals surface area contributed by atoms with Crippen molar-refractivity contribution in [3.63, 3.8) is 0 Å². The first kappa shape index (κ1) is 12.3. The smallest absolute Gasteiger partial charge is 0.335 e. The van der Waals surface area contributed by atoms with E-state index in [2.05, 4.69) is 0 Å². The van der Waals surface area contributed by atoms with Crippen LogP contribution in [-0.2, 0) is 6.61 Å². The van der Waals surface area contributed by atoms with Gasteiger partial charge in [0.05, 0.1) is 12.2 Å². The van der Waals surface area contributed by atoms with Gasteiger partial charge < -0.3 is 10.2 Å². The molecule has 0 bridgehead atoms. The van der Waals surface area contributed by atoms with Crippen molar-refractivity contribution in [2.24, 2.45) is 0 Å². The quantitative estimate of drug-likeness (QED) is 0.875.